The second-order valence-corrected chi connectivity index (χ2v) is 25.7. The normalized spacial score (nSPS) is 14.7. The van der Waals surface area contributed by atoms with Crippen molar-refractivity contribution in [3.05, 3.63) is 0 Å². The number of carbonyl (C=O) groups is 4. The van der Waals surface area contributed by atoms with E-state index in [-0.39, 0.29) is 25.7 Å². The zero-order valence-electron chi connectivity index (χ0n) is 51.4. The van der Waals surface area contributed by atoms with Crippen molar-refractivity contribution in [2.75, 3.05) is 39.6 Å². The van der Waals surface area contributed by atoms with Crippen molar-refractivity contribution in [2.24, 2.45) is 11.8 Å². The fourth-order valence-electron chi connectivity index (χ4n) is 8.97. The number of rotatable bonds is 60. The maximum absolute atomic E-state index is 12.9. The van der Waals surface area contributed by atoms with Gasteiger partial charge in [-0.2, -0.15) is 0 Å². The van der Waals surface area contributed by atoms with Crippen LogP contribution in [0, 0.1) is 11.8 Å². The second kappa shape index (κ2) is 53.8. The van der Waals surface area contributed by atoms with E-state index in [1.54, 1.807) is 0 Å². The van der Waals surface area contributed by atoms with E-state index in [9.17, 15) is 43.2 Å². The van der Waals surface area contributed by atoms with E-state index in [4.69, 9.17) is 37.0 Å². The van der Waals surface area contributed by atoms with Gasteiger partial charge in [0, 0.05) is 25.7 Å². The van der Waals surface area contributed by atoms with Crippen LogP contribution in [0.2, 0.25) is 0 Å². The van der Waals surface area contributed by atoms with Crippen LogP contribution in [-0.4, -0.2) is 96.7 Å². The minimum Gasteiger partial charge on any atom is -0.462 e. The van der Waals surface area contributed by atoms with Gasteiger partial charge in [0.25, 0.3) is 0 Å². The monoisotopic (exact) mass is 1180 g/mol. The average molecular weight is 1190 g/mol. The summed E-state index contributed by atoms with van der Waals surface area (Å²) in [6.07, 6.45) is 34.9. The molecule has 0 aromatic heterocycles. The Morgan fingerprint density at radius 1 is 0.362 bits per heavy atom. The van der Waals surface area contributed by atoms with Crippen molar-refractivity contribution >= 4 is 39.5 Å². The highest BCUT2D eigenvalue weighted by molar-refractivity contribution is 7.47. The highest BCUT2D eigenvalue weighted by atomic mass is 31.2. The lowest BCUT2D eigenvalue weighted by molar-refractivity contribution is -0.161. The molecule has 0 spiro atoms. The molecule has 0 rings (SSSR count). The molecule has 0 bridgehead atoms. The molecule has 3 unspecified atom stereocenters. The molecule has 0 saturated carbocycles. The summed E-state index contributed by atoms with van der Waals surface area (Å²) >= 11 is 0. The highest BCUT2D eigenvalue weighted by Crippen LogP contribution is 2.45. The van der Waals surface area contributed by atoms with E-state index in [0.29, 0.717) is 25.7 Å². The van der Waals surface area contributed by atoms with Crippen molar-refractivity contribution in [1.82, 2.24) is 0 Å². The molecular formula is C61H118O17P2. The molecule has 0 heterocycles. The van der Waals surface area contributed by atoms with Gasteiger partial charge in [0.1, 0.15) is 19.3 Å². The van der Waals surface area contributed by atoms with Crippen LogP contribution in [0.4, 0.5) is 0 Å². The van der Waals surface area contributed by atoms with Gasteiger partial charge in [-0.15, -0.1) is 0 Å². The van der Waals surface area contributed by atoms with Crippen molar-refractivity contribution in [3.8, 4) is 0 Å². The molecule has 0 aliphatic rings. The lowest BCUT2D eigenvalue weighted by Crippen LogP contribution is -2.30. The molecule has 0 aromatic carbocycles. The maximum atomic E-state index is 12.9. The number of phosphoric acid groups is 2. The molecule has 80 heavy (non-hydrogen) atoms. The molecule has 0 fully saturated rings. The van der Waals surface area contributed by atoms with Crippen LogP contribution in [0.25, 0.3) is 0 Å². The van der Waals surface area contributed by atoms with Gasteiger partial charge in [-0.05, 0) is 37.5 Å². The minimum absolute atomic E-state index is 0.104. The van der Waals surface area contributed by atoms with Gasteiger partial charge in [-0.3, -0.25) is 37.3 Å². The first kappa shape index (κ1) is 78.1. The predicted molar refractivity (Wildman–Crippen MR) is 317 cm³/mol. The lowest BCUT2D eigenvalue weighted by atomic mass is 9.99. The van der Waals surface area contributed by atoms with Gasteiger partial charge in [0.05, 0.1) is 26.4 Å². The first-order valence-corrected chi connectivity index (χ1v) is 35.0. The Labute approximate surface area is 486 Å². The van der Waals surface area contributed by atoms with Gasteiger partial charge >= 0.3 is 39.5 Å². The Kier molecular flexibility index (Phi) is 52.5. The van der Waals surface area contributed by atoms with E-state index in [1.165, 1.54) is 96.3 Å². The van der Waals surface area contributed by atoms with Crippen LogP contribution in [0.5, 0.6) is 0 Å². The lowest BCUT2D eigenvalue weighted by Gasteiger charge is -2.21. The van der Waals surface area contributed by atoms with Crippen molar-refractivity contribution in [3.63, 3.8) is 0 Å². The molecule has 6 atom stereocenters. The van der Waals surface area contributed by atoms with Crippen LogP contribution >= 0.6 is 15.6 Å². The Bertz CT molecular complexity index is 1580. The van der Waals surface area contributed by atoms with Crippen molar-refractivity contribution in [2.45, 2.75) is 317 Å². The number of phosphoric ester groups is 2. The number of esters is 4. The fourth-order valence-corrected chi connectivity index (χ4v) is 10.5. The summed E-state index contributed by atoms with van der Waals surface area (Å²) in [5, 5.41) is 10.5. The average Bonchev–Trinajstić information content (AvgIpc) is 3.42. The molecule has 17 nitrogen and oxygen atoms in total. The fraction of sp³-hybridized carbons (Fsp3) is 0.934. The van der Waals surface area contributed by atoms with Gasteiger partial charge in [-0.25, -0.2) is 9.13 Å². The van der Waals surface area contributed by atoms with Gasteiger partial charge in [0.2, 0.25) is 0 Å². The summed E-state index contributed by atoms with van der Waals surface area (Å²) in [5.41, 5.74) is 0. The third-order valence-corrected chi connectivity index (χ3v) is 16.2. The van der Waals surface area contributed by atoms with Crippen LogP contribution in [0.3, 0.4) is 0 Å². The van der Waals surface area contributed by atoms with Gasteiger partial charge in [0.15, 0.2) is 12.2 Å². The summed E-state index contributed by atoms with van der Waals surface area (Å²) in [4.78, 5) is 71.9. The Balaban J connectivity index is 5.21. The zero-order valence-corrected chi connectivity index (χ0v) is 53.2. The van der Waals surface area contributed by atoms with Crippen LogP contribution in [0.15, 0.2) is 0 Å². The molecular weight excluding hydrogens is 1070 g/mol. The second-order valence-electron chi connectivity index (χ2n) is 22.8. The smallest absolute Gasteiger partial charge is 0.462 e. The van der Waals surface area contributed by atoms with Crippen LogP contribution in [0.1, 0.15) is 298 Å². The molecule has 0 radical (unpaired) electrons. The van der Waals surface area contributed by atoms with Crippen molar-refractivity contribution < 1.29 is 80.2 Å². The number of aliphatic hydroxyl groups is 1. The third-order valence-electron chi connectivity index (χ3n) is 14.3. The summed E-state index contributed by atoms with van der Waals surface area (Å²) in [5.74, 6) is -0.616. The van der Waals surface area contributed by atoms with E-state index < -0.39 is 97.5 Å². The van der Waals surface area contributed by atoms with E-state index >= 15 is 0 Å². The molecule has 0 amide bonds. The van der Waals surface area contributed by atoms with Crippen LogP contribution < -0.4 is 0 Å². The Morgan fingerprint density at radius 3 is 0.950 bits per heavy atom. The van der Waals surface area contributed by atoms with Gasteiger partial charge in [-0.1, -0.05) is 247 Å². The largest absolute Gasteiger partial charge is 0.472 e. The SMILES string of the molecule is CCCCCCCCCCC(=O)O[C@H](COC(=O)CCCCCCCCC)COP(=O)(O)OC[C@H](O)COP(=O)(O)OC[C@@H](COC(=O)CCCCCCCCCCC(C)C)OC(=O)CCCCCCCCCCCCC(C)CC. The number of hydrogen-bond donors (Lipinski definition) is 3. The van der Waals surface area contributed by atoms with Crippen molar-refractivity contribution in [1.29, 1.82) is 0 Å². The molecule has 19 heteroatoms. The summed E-state index contributed by atoms with van der Waals surface area (Å²) < 4.78 is 67.7. The van der Waals surface area contributed by atoms with Crippen LogP contribution in [-0.2, 0) is 65.4 Å². The van der Waals surface area contributed by atoms with Gasteiger partial charge < -0.3 is 33.8 Å². The minimum atomic E-state index is -4.94. The molecule has 0 aliphatic carbocycles. The summed E-state index contributed by atoms with van der Waals surface area (Å²) in [7, 11) is -9.87. The third kappa shape index (κ3) is 54.0. The number of hydrogen-bond acceptors (Lipinski definition) is 15. The zero-order chi connectivity index (χ0) is 59.4. The first-order chi connectivity index (χ1) is 38.4. The molecule has 3 N–H and O–H groups in total. The molecule has 0 aromatic rings. The molecule has 0 saturated heterocycles. The van der Waals surface area contributed by atoms with E-state index in [1.807, 2.05) is 0 Å². The Morgan fingerprint density at radius 2 is 0.637 bits per heavy atom. The molecule has 474 valence electrons. The molecule has 0 aliphatic heterocycles. The quantitative estimate of drug-likeness (QED) is 0.0222. The van der Waals surface area contributed by atoms with E-state index in [0.717, 1.165) is 121 Å². The highest BCUT2D eigenvalue weighted by Gasteiger charge is 2.30. The number of ether oxygens (including phenoxy) is 4. The predicted octanol–water partition coefficient (Wildman–Crippen LogP) is 16.5. The standard InChI is InChI=1S/C61H118O17P2/c1-7-10-12-14-16-26-33-39-45-60(65)77-56(49-71-58(63)43-37-31-23-15-13-11-8-2)51-75-79(67,68)73-47-55(62)48-74-80(69,70)76-52-57(50-72-59(64)44-38-32-27-22-21-24-29-35-41-53(4)5)78-61(66)46-40-34-28-20-18-17-19-25-30-36-42-54(6)9-3/h53-57,62H,7-52H2,1-6H3,(H,67,68)(H,69,70)/t54?,55-,56+,57+/m0/s1. The maximum Gasteiger partial charge on any atom is 0.472 e. The first-order valence-electron chi connectivity index (χ1n) is 32.0. The van der Waals surface area contributed by atoms with E-state index in [2.05, 4.69) is 41.5 Å². The number of carbonyl (C=O) groups excluding carboxylic acids is 4. The summed E-state index contributed by atoms with van der Waals surface area (Å²) in [6.45, 7) is 9.39. The topological polar surface area (TPSA) is 237 Å². The summed E-state index contributed by atoms with van der Waals surface area (Å²) in [6, 6.07) is 0. The number of aliphatic hydroxyl groups excluding tert-OH is 1. The Hall–Kier alpha value is -1.94. The number of unbranched alkanes of at least 4 members (excludes halogenated alkanes) is 29.